The van der Waals surface area contributed by atoms with E-state index in [9.17, 15) is 27.1 Å². The van der Waals surface area contributed by atoms with Gasteiger partial charge in [0.2, 0.25) is 0 Å². The first kappa shape index (κ1) is 21.6. The fourth-order valence-corrected chi connectivity index (χ4v) is 3.76. The van der Waals surface area contributed by atoms with Crippen molar-refractivity contribution in [1.29, 1.82) is 0 Å². The highest BCUT2D eigenvalue weighted by Crippen LogP contribution is 2.27. The zero-order chi connectivity index (χ0) is 20.9. The maximum atomic E-state index is 13.4. The van der Waals surface area contributed by atoms with Gasteiger partial charge in [-0.1, -0.05) is 13.3 Å². The van der Waals surface area contributed by atoms with Crippen LogP contribution in [-0.2, 0) is 10.0 Å². The fourth-order valence-electron chi connectivity index (χ4n) is 2.70. The van der Waals surface area contributed by atoms with Crippen molar-refractivity contribution in [3.8, 4) is 0 Å². The molecule has 0 aliphatic carbocycles. The maximum absolute atomic E-state index is 13.4. The Morgan fingerprint density at radius 1 is 1.11 bits per heavy atom. The van der Waals surface area contributed by atoms with Crippen molar-refractivity contribution < 1.29 is 27.1 Å². The predicted molar refractivity (Wildman–Crippen MR) is 103 cm³/mol. The molecule has 0 radical (unpaired) electrons. The van der Waals surface area contributed by atoms with Crippen LogP contribution in [0.1, 0.15) is 37.0 Å². The minimum absolute atomic E-state index is 0.0115. The number of nitrogens with one attached hydrogen (secondary N) is 1. The zero-order valence-corrected chi connectivity index (χ0v) is 16.4. The van der Waals surface area contributed by atoms with Crippen LogP contribution < -0.4 is 9.62 Å². The summed E-state index contributed by atoms with van der Waals surface area (Å²) in [7, 11) is -4.21. The summed E-state index contributed by atoms with van der Waals surface area (Å²) in [5, 5.41) is 9.55. The quantitative estimate of drug-likeness (QED) is 0.648. The van der Waals surface area contributed by atoms with Crippen LogP contribution >= 0.6 is 0 Å². The van der Waals surface area contributed by atoms with Crippen LogP contribution in [0.5, 0.6) is 0 Å². The normalized spacial score (nSPS) is 11.3. The topological polar surface area (TPSA) is 86.7 Å². The summed E-state index contributed by atoms with van der Waals surface area (Å²) in [5.74, 6) is -3.65. The SMILES string of the molecule is CCCCN(CC)c1ccc(NS(=O)(=O)c2ccc(F)c(F)c2)cc1C(=O)O. The number of rotatable bonds is 9. The second-order valence-electron chi connectivity index (χ2n) is 6.15. The summed E-state index contributed by atoms with van der Waals surface area (Å²) in [6.45, 7) is 5.20. The Balaban J connectivity index is 2.37. The molecular weight excluding hydrogens is 390 g/mol. The molecule has 0 aliphatic heterocycles. The lowest BCUT2D eigenvalue weighted by molar-refractivity contribution is 0.0697. The number of carboxylic acid groups (broad SMARTS) is 1. The number of carboxylic acids is 1. The number of benzene rings is 2. The van der Waals surface area contributed by atoms with E-state index in [0.29, 0.717) is 30.9 Å². The van der Waals surface area contributed by atoms with Gasteiger partial charge >= 0.3 is 5.97 Å². The molecule has 0 saturated heterocycles. The molecule has 9 heteroatoms. The highest BCUT2D eigenvalue weighted by molar-refractivity contribution is 7.92. The zero-order valence-electron chi connectivity index (χ0n) is 15.6. The Bertz CT molecular complexity index is 964. The largest absolute Gasteiger partial charge is 0.478 e. The van der Waals surface area contributed by atoms with Crippen LogP contribution in [0.15, 0.2) is 41.3 Å². The number of halogens is 2. The van der Waals surface area contributed by atoms with Crippen molar-refractivity contribution in [1.82, 2.24) is 0 Å². The number of sulfonamides is 1. The molecule has 28 heavy (non-hydrogen) atoms. The predicted octanol–water partition coefficient (Wildman–Crippen LogP) is 4.09. The highest BCUT2D eigenvalue weighted by atomic mass is 32.2. The molecule has 0 unspecified atom stereocenters. The molecule has 0 aliphatic rings. The maximum Gasteiger partial charge on any atom is 0.337 e. The molecule has 0 amide bonds. The van der Waals surface area contributed by atoms with E-state index >= 15 is 0 Å². The summed E-state index contributed by atoms with van der Waals surface area (Å²) >= 11 is 0. The first-order chi connectivity index (χ1) is 13.2. The minimum atomic E-state index is -4.21. The molecule has 0 atom stereocenters. The number of hydrogen-bond donors (Lipinski definition) is 2. The Kier molecular flexibility index (Phi) is 6.95. The summed E-state index contributed by atoms with van der Waals surface area (Å²) in [5.41, 5.74) is 0.445. The molecule has 0 bridgehead atoms. The lowest BCUT2D eigenvalue weighted by atomic mass is 10.1. The van der Waals surface area contributed by atoms with Gasteiger partial charge in [0.15, 0.2) is 11.6 Å². The van der Waals surface area contributed by atoms with Gasteiger partial charge in [0.25, 0.3) is 10.0 Å². The average Bonchev–Trinajstić information content (AvgIpc) is 2.64. The summed E-state index contributed by atoms with van der Waals surface area (Å²) < 4.78 is 53.4. The van der Waals surface area contributed by atoms with Crippen LogP contribution in [-0.4, -0.2) is 32.6 Å². The second-order valence-corrected chi connectivity index (χ2v) is 7.83. The van der Waals surface area contributed by atoms with E-state index in [1.54, 1.807) is 0 Å². The molecule has 6 nitrogen and oxygen atoms in total. The summed E-state index contributed by atoms with van der Waals surface area (Å²) in [4.78, 5) is 13.1. The molecular formula is C19H22F2N2O4S. The van der Waals surface area contributed by atoms with Gasteiger partial charge in [0.05, 0.1) is 16.1 Å². The molecule has 2 aromatic rings. The highest BCUT2D eigenvalue weighted by Gasteiger charge is 2.20. The van der Waals surface area contributed by atoms with Crippen molar-refractivity contribution in [3.63, 3.8) is 0 Å². The van der Waals surface area contributed by atoms with E-state index in [1.165, 1.54) is 18.2 Å². The second kappa shape index (κ2) is 9.01. The lowest BCUT2D eigenvalue weighted by Crippen LogP contribution is -2.26. The molecule has 2 rings (SSSR count). The molecule has 0 aromatic heterocycles. The van der Waals surface area contributed by atoms with Gasteiger partial charge in [-0.05, 0) is 49.7 Å². The van der Waals surface area contributed by atoms with Crippen LogP contribution in [0.2, 0.25) is 0 Å². The van der Waals surface area contributed by atoms with E-state index in [0.717, 1.165) is 18.9 Å². The van der Waals surface area contributed by atoms with Crippen molar-refractivity contribution in [2.75, 3.05) is 22.7 Å². The summed E-state index contributed by atoms with van der Waals surface area (Å²) in [6, 6.07) is 6.39. The standard InChI is InChI=1S/C19H22F2N2O4S/c1-3-5-10-23(4-2)18-9-6-13(11-15(18)19(24)25)22-28(26,27)14-7-8-16(20)17(21)12-14/h6-9,11-12,22H,3-5,10H2,1-2H3,(H,24,25). The fraction of sp³-hybridized carbons (Fsp3) is 0.316. The first-order valence-corrected chi connectivity index (χ1v) is 10.3. The molecule has 0 heterocycles. The Morgan fingerprint density at radius 2 is 1.82 bits per heavy atom. The van der Waals surface area contributed by atoms with Crippen molar-refractivity contribution in [2.45, 2.75) is 31.6 Å². The smallest absolute Gasteiger partial charge is 0.337 e. The third-order valence-electron chi connectivity index (χ3n) is 4.18. The Hall–Kier alpha value is -2.68. The molecule has 0 fully saturated rings. The van der Waals surface area contributed by atoms with Gasteiger partial charge in [-0.15, -0.1) is 0 Å². The number of nitrogens with zero attached hydrogens (tertiary/aromatic N) is 1. The van der Waals surface area contributed by atoms with Gasteiger partial charge in [-0.25, -0.2) is 22.0 Å². The summed E-state index contributed by atoms with van der Waals surface area (Å²) in [6.07, 6.45) is 1.84. The number of aromatic carboxylic acids is 1. The Labute approximate surface area is 162 Å². The van der Waals surface area contributed by atoms with Crippen LogP contribution in [0, 0.1) is 11.6 Å². The monoisotopic (exact) mass is 412 g/mol. The number of anilines is 2. The average molecular weight is 412 g/mol. The number of hydrogen-bond acceptors (Lipinski definition) is 4. The lowest BCUT2D eigenvalue weighted by Gasteiger charge is -2.25. The third kappa shape index (κ3) is 4.98. The number of carbonyl (C=O) groups is 1. The van der Waals surface area contributed by atoms with Gasteiger partial charge in [0.1, 0.15) is 0 Å². The molecule has 0 saturated carbocycles. The van der Waals surface area contributed by atoms with Gasteiger partial charge in [0, 0.05) is 18.8 Å². The Morgan fingerprint density at radius 3 is 2.39 bits per heavy atom. The van der Waals surface area contributed by atoms with E-state index in [2.05, 4.69) is 4.72 Å². The van der Waals surface area contributed by atoms with Crippen LogP contribution in [0.4, 0.5) is 20.2 Å². The number of unbranched alkanes of at least 4 members (excludes halogenated alkanes) is 1. The molecule has 0 spiro atoms. The van der Waals surface area contributed by atoms with Gasteiger partial charge in [-0.2, -0.15) is 0 Å². The van der Waals surface area contributed by atoms with Gasteiger partial charge in [-0.3, -0.25) is 4.72 Å². The van der Waals surface area contributed by atoms with Gasteiger partial charge < -0.3 is 10.0 Å². The van der Waals surface area contributed by atoms with Crippen LogP contribution in [0.25, 0.3) is 0 Å². The minimum Gasteiger partial charge on any atom is -0.478 e. The van der Waals surface area contributed by atoms with Crippen molar-refractivity contribution >= 4 is 27.4 Å². The van der Waals surface area contributed by atoms with E-state index in [4.69, 9.17) is 0 Å². The van der Waals surface area contributed by atoms with Crippen molar-refractivity contribution in [2.24, 2.45) is 0 Å². The van der Waals surface area contributed by atoms with E-state index in [1.807, 2.05) is 18.7 Å². The van der Waals surface area contributed by atoms with Crippen LogP contribution in [0.3, 0.4) is 0 Å². The van der Waals surface area contributed by atoms with E-state index in [-0.39, 0.29) is 11.3 Å². The van der Waals surface area contributed by atoms with Crippen molar-refractivity contribution in [3.05, 3.63) is 53.6 Å². The molecule has 2 N–H and O–H groups in total. The third-order valence-corrected chi connectivity index (χ3v) is 5.56. The van der Waals surface area contributed by atoms with E-state index < -0.39 is 32.5 Å². The molecule has 152 valence electrons. The first-order valence-electron chi connectivity index (χ1n) is 8.79. The molecule has 2 aromatic carbocycles.